The van der Waals surface area contributed by atoms with E-state index in [0.717, 1.165) is 27.2 Å². The molecule has 4 rings (SSSR count). The van der Waals surface area contributed by atoms with E-state index in [1.165, 1.54) is 0 Å². The quantitative estimate of drug-likeness (QED) is 0.813. The van der Waals surface area contributed by atoms with E-state index in [0.29, 0.717) is 19.5 Å². The van der Waals surface area contributed by atoms with Gasteiger partial charge < -0.3 is 4.90 Å². The summed E-state index contributed by atoms with van der Waals surface area (Å²) >= 11 is 0. The minimum absolute atomic E-state index is 0.156. The summed E-state index contributed by atoms with van der Waals surface area (Å²) in [4.78, 5) is 15.6. The van der Waals surface area contributed by atoms with Crippen molar-refractivity contribution < 1.29 is 18.0 Å². The van der Waals surface area contributed by atoms with Gasteiger partial charge in [-0.2, -0.15) is 13.2 Å². The Labute approximate surface area is 150 Å². The molecule has 2 aliphatic heterocycles. The lowest BCUT2D eigenvalue weighted by Gasteiger charge is -2.27. The molecule has 0 aliphatic carbocycles. The molecule has 1 atom stereocenters. The van der Waals surface area contributed by atoms with Crippen LogP contribution in [0.4, 0.5) is 13.2 Å². The van der Waals surface area contributed by atoms with E-state index in [-0.39, 0.29) is 6.54 Å². The molecule has 2 aromatic carbocycles. The Kier molecular flexibility index (Phi) is 4.23. The van der Waals surface area contributed by atoms with Crippen LogP contribution >= 0.6 is 0 Å². The molecular weight excluding hydrogens is 341 g/mol. The third kappa shape index (κ3) is 3.21. The van der Waals surface area contributed by atoms with Crippen LogP contribution in [0.3, 0.4) is 0 Å². The van der Waals surface area contributed by atoms with Gasteiger partial charge in [-0.15, -0.1) is 0 Å². The molecule has 1 unspecified atom stereocenters. The summed E-state index contributed by atoms with van der Waals surface area (Å²) in [6.45, 7) is 0.106. The molecule has 0 bridgehead atoms. The number of alkyl halides is 3. The predicted molar refractivity (Wildman–Crippen MR) is 92.2 cm³/mol. The zero-order valence-electron chi connectivity index (χ0n) is 14.2. The number of rotatable bonds is 2. The van der Waals surface area contributed by atoms with Crippen molar-refractivity contribution in [2.24, 2.45) is 0 Å². The van der Waals surface area contributed by atoms with Crippen LogP contribution in [0.2, 0.25) is 0 Å². The first-order valence-electron chi connectivity index (χ1n) is 8.68. The van der Waals surface area contributed by atoms with Gasteiger partial charge in [0.1, 0.15) is 6.54 Å². The van der Waals surface area contributed by atoms with E-state index >= 15 is 0 Å². The molecule has 0 N–H and O–H groups in total. The summed E-state index contributed by atoms with van der Waals surface area (Å²) in [6.07, 6.45) is -3.93. The summed E-state index contributed by atoms with van der Waals surface area (Å²) in [7, 11) is 0. The van der Waals surface area contributed by atoms with Crippen LogP contribution in [-0.4, -0.2) is 41.0 Å². The predicted octanol–water partition coefficient (Wildman–Crippen LogP) is 3.83. The fourth-order valence-electron chi connectivity index (χ4n) is 3.99. The topological polar surface area (TPSA) is 23.6 Å². The maximum absolute atomic E-state index is 12.7. The smallest absolute Gasteiger partial charge is 0.332 e. The number of carbonyl (C=O) groups is 1. The number of fused-ring (bicyclic) bond motifs is 3. The molecule has 1 amide bonds. The van der Waals surface area contributed by atoms with Gasteiger partial charge in [0, 0.05) is 19.6 Å². The molecule has 1 saturated heterocycles. The van der Waals surface area contributed by atoms with Crippen molar-refractivity contribution >= 4 is 5.91 Å². The van der Waals surface area contributed by atoms with Crippen LogP contribution in [-0.2, 0) is 17.9 Å². The number of nitrogens with zero attached hydrogens (tertiary/aromatic N) is 2. The minimum Gasteiger partial charge on any atom is -0.332 e. The average molecular weight is 360 g/mol. The van der Waals surface area contributed by atoms with Crippen LogP contribution in [0.5, 0.6) is 0 Å². The largest absolute Gasteiger partial charge is 0.406 e. The molecule has 136 valence electrons. The molecule has 0 radical (unpaired) electrons. The summed E-state index contributed by atoms with van der Waals surface area (Å²) in [5.74, 6) is -0.417. The number of carbonyl (C=O) groups excluding carboxylic acids is 1. The molecule has 26 heavy (non-hydrogen) atoms. The summed E-state index contributed by atoms with van der Waals surface area (Å²) in [6, 6.07) is 15.5. The fraction of sp³-hybridized carbons (Fsp3) is 0.350. The lowest BCUT2D eigenvalue weighted by atomic mass is 9.97. The van der Waals surface area contributed by atoms with Crippen molar-refractivity contribution in [3.8, 4) is 11.1 Å². The van der Waals surface area contributed by atoms with Crippen molar-refractivity contribution in [1.29, 1.82) is 0 Å². The highest BCUT2D eigenvalue weighted by Gasteiger charge is 2.42. The molecule has 3 nitrogen and oxygen atoms in total. The van der Waals surface area contributed by atoms with Gasteiger partial charge in [0.15, 0.2) is 0 Å². The van der Waals surface area contributed by atoms with E-state index < -0.39 is 24.7 Å². The molecule has 2 aliphatic rings. The monoisotopic (exact) mass is 360 g/mol. The Morgan fingerprint density at radius 3 is 2.00 bits per heavy atom. The molecule has 0 saturated carbocycles. The standard InChI is InChI=1S/C20H19F3N2O/c21-20(22,23)13-24-10-9-18(19(24)26)25-11-14-5-1-3-7-16(14)17-8-4-2-6-15(17)12-25/h1-8,18H,9-13H2. The number of halogens is 3. The van der Waals surface area contributed by atoms with Gasteiger partial charge in [-0.25, -0.2) is 0 Å². The van der Waals surface area contributed by atoms with Crippen LogP contribution in [0.1, 0.15) is 17.5 Å². The summed E-state index contributed by atoms with van der Waals surface area (Å²) in [5.41, 5.74) is 4.45. The van der Waals surface area contributed by atoms with E-state index in [4.69, 9.17) is 0 Å². The van der Waals surface area contributed by atoms with Gasteiger partial charge in [-0.05, 0) is 28.7 Å². The molecule has 1 fully saturated rings. The van der Waals surface area contributed by atoms with Gasteiger partial charge in [0.2, 0.25) is 5.91 Å². The number of benzene rings is 2. The first-order valence-corrected chi connectivity index (χ1v) is 8.68. The molecule has 2 heterocycles. The zero-order valence-corrected chi connectivity index (χ0v) is 14.2. The molecule has 6 heteroatoms. The van der Waals surface area contributed by atoms with Crippen molar-refractivity contribution in [3.05, 3.63) is 59.7 Å². The zero-order chi connectivity index (χ0) is 18.3. The molecule has 0 spiro atoms. The third-order valence-corrected chi connectivity index (χ3v) is 5.15. The number of likely N-dealkylation sites (tertiary alicyclic amines) is 1. The maximum Gasteiger partial charge on any atom is 0.406 e. The lowest BCUT2D eigenvalue weighted by molar-refractivity contribution is -0.159. The van der Waals surface area contributed by atoms with E-state index in [9.17, 15) is 18.0 Å². The Hall–Kier alpha value is -2.34. The Balaban J connectivity index is 1.64. The first-order chi connectivity index (χ1) is 12.4. The first kappa shape index (κ1) is 17.1. The van der Waals surface area contributed by atoms with E-state index in [1.807, 2.05) is 41.3 Å². The highest BCUT2D eigenvalue weighted by Crippen LogP contribution is 2.35. The fourth-order valence-corrected chi connectivity index (χ4v) is 3.99. The second-order valence-corrected chi connectivity index (χ2v) is 6.90. The van der Waals surface area contributed by atoms with Gasteiger partial charge in [-0.3, -0.25) is 9.69 Å². The van der Waals surface area contributed by atoms with Crippen LogP contribution in [0.15, 0.2) is 48.5 Å². The Morgan fingerprint density at radius 2 is 1.46 bits per heavy atom. The van der Waals surface area contributed by atoms with E-state index in [1.54, 1.807) is 0 Å². The Morgan fingerprint density at radius 1 is 0.923 bits per heavy atom. The second kappa shape index (κ2) is 6.43. The van der Waals surface area contributed by atoms with Crippen molar-refractivity contribution in [2.45, 2.75) is 31.7 Å². The third-order valence-electron chi connectivity index (χ3n) is 5.15. The average Bonchev–Trinajstić information content (AvgIpc) is 2.86. The normalized spacial score (nSPS) is 20.7. The highest BCUT2D eigenvalue weighted by atomic mass is 19.4. The lowest BCUT2D eigenvalue weighted by Crippen LogP contribution is -2.43. The Bertz CT molecular complexity index is 786. The van der Waals surface area contributed by atoms with Crippen LogP contribution in [0, 0.1) is 0 Å². The van der Waals surface area contributed by atoms with Gasteiger partial charge in [-0.1, -0.05) is 48.5 Å². The number of hydrogen-bond acceptors (Lipinski definition) is 2. The second-order valence-electron chi connectivity index (χ2n) is 6.90. The number of amides is 1. The maximum atomic E-state index is 12.7. The minimum atomic E-state index is -4.36. The van der Waals surface area contributed by atoms with Crippen molar-refractivity contribution in [2.75, 3.05) is 13.1 Å². The number of hydrogen-bond donors (Lipinski definition) is 0. The van der Waals surface area contributed by atoms with Gasteiger partial charge in [0.25, 0.3) is 0 Å². The van der Waals surface area contributed by atoms with E-state index in [2.05, 4.69) is 12.1 Å². The molecule has 0 aromatic heterocycles. The molecule has 2 aromatic rings. The SMILES string of the molecule is O=C1C(N2Cc3ccccc3-c3ccccc3C2)CCN1CC(F)(F)F. The van der Waals surface area contributed by atoms with Crippen LogP contribution < -0.4 is 0 Å². The van der Waals surface area contributed by atoms with Crippen molar-refractivity contribution in [1.82, 2.24) is 9.80 Å². The van der Waals surface area contributed by atoms with Crippen LogP contribution in [0.25, 0.3) is 11.1 Å². The summed E-state index contributed by atoms with van der Waals surface area (Å²) in [5, 5.41) is 0. The van der Waals surface area contributed by atoms with Gasteiger partial charge >= 0.3 is 6.18 Å². The molecular formula is C20H19F3N2O. The highest BCUT2D eigenvalue weighted by molar-refractivity contribution is 5.84. The van der Waals surface area contributed by atoms with Gasteiger partial charge in [0.05, 0.1) is 6.04 Å². The van der Waals surface area contributed by atoms with Crippen molar-refractivity contribution in [3.63, 3.8) is 0 Å². The summed E-state index contributed by atoms with van der Waals surface area (Å²) < 4.78 is 38.1.